The Morgan fingerprint density at radius 3 is 2.29 bits per heavy atom. The van der Waals surface area contributed by atoms with Crippen LogP contribution in [0.1, 0.15) is 37.7 Å². The maximum absolute atomic E-state index is 11.9. The predicted molar refractivity (Wildman–Crippen MR) is 87.8 cm³/mol. The summed E-state index contributed by atoms with van der Waals surface area (Å²) in [4.78, 5) is 11.9. The van der Waals surface area contributed by atoms with Crippen LogP contribution in [0.15, 0.2) is 30.3 Å². The molecule has 0 aromatic heterocycles. The minimum absolute atomic E-state index is 0. The third-order valence-corrected chi connectivity index (χ3v) is 4.33. The minimum atomic E-state index is 0. The SMILES string of the molecule is Cl.O=C(NCCCc1ccccc1)NC(C1CC1)C1CC1. The third-order valence-electron chi connectivity index (χ3n) is 4.33. The van der Waals surface area contributed by atoms with Crippen LogP contribution >= 0.6 is 12.4 Å². The predicted octanol–water partition coefficient (Wildman–Crippen LogP) is 3.53. The fraction of sp³-hybridized carbons (Fsp3) is 0.588. The molecule has 2 saturated carbocycles. The molecule has 2 aliphatic carbocycles. The molecule has 3 nitrogen and oxygen atoms in total. The lowest BCUT2D eigenvalue weighted by atomic mass is 10.1. The van der Waals surface area contributed by atoms with E-state index in [1.54, 1.807) is 0 Å². The van der Waals surface area contributed by atoms with Crippen molar-refractivity contribution in [2.45, 2.75) is 44.6 Å². The van der Waals surface area contributed by atoms with Gasteiger partial charge in [-0.1, -0.05) is 30.3 Å². The van der Waals surface area contributed by atoms with Gasteiger partial charge in [0.1, 0.15) is 0 Å². The summed E-state index contributed by atoms with van der Waals surface area (Å²) in [6.07, 6.45) is 7.22. The fourth-order valence-electron chi connectivity index (χ4n) is 2.87. The summed E-state index contributed by atoms with van der Waals surface area (Å²) in [7, 11) is 0. The monoisotopic (exact) mass is 308 g/mol. The lowest BCUT2D eigenvalue weighted by Gasteiger charge is -2.18. The van der Waals surface area contributed by atoms with E-state index in [9.17, 15) is 4.79 Å². The number of benzene rings is 1. The van der Waals surface area contributed by atoms with Crippen LogP contribution in [0.3, 0.4) is 0 Å². The molecule has 0 heterocycles. The van der Waals surface area contributed by atoms with Crippen LogP contribution in [0.5, 0.6) is 0 Å². The van der Waals surface area contributed by atoms with E-state index in [4.69, 9.17) is 0 Å². The zero-order valence-electron chi connectivity index (χ0n) is 12.4. The molecule has 0 bridgehead atoms. The largest absolute Gasteiger partial charge is 0.338 e. The van der Waals surface area contributed by atoms with Crippen molar-refractivity contribution in [2.24, 2.45) is 11.8 Å². The fourth-order valence-corrected chi connectivity index (χ4v) is 2.87. The van der Waals surface area contributed by atoms with E-state index in [1.165, 1.54) is 31.2 Å². The van der Waals surface area contributed by atoms with Gasteiger partial charge in [0, 0.05) is 12.6 Å². The Labute approximate surface area is 133 Å². The van der Waals surface area contributed by atoms with Crippen LogP contribution in [0.25, 0.3) is 0 Å². The molecule has 2 amide bonds. The van der Waals surface area contributed by atoms with Gasteiger partial charge >= 0.3 is 6.03 Å². The normalized spacial score (nSPS) is 17.2. The Bertz CT molecular complexity index is 431. The van der Waals surface area contributed by atoms with Crippen LogP contribution < -0.4 is 10.6 Å². The van der Waals surface area contributed by atoms with Crippen LogP contribution in [-0.2, 0) is 6.42 Å². The van der Waals surface area contributed by atoms with Crippen molar-refractivity contribution in [3.8, 4) is 0 Å². The molecule has 3 rings (SSSR count). The number of halogens is 1. The first-order chi connectivity index (χ1) is 9.83. The van der Waals surface area contributed by atoms with E-state index in [1.807, 2.05) is 6.07 Å². The molecule has 21 heavy (non-hydrogen) atoms. The molecule has 0 saturated heterocycles. The summed E-state index contributed by atoms with van der Waals surface area (Å²) in [5, 5.41) is 6.19. The van der Waals surface area contributed by atoms with Crippen molar-refractivity contribution in [1.82, 2.24) is 10.6 Å². The number of hydrogen-bond acceptors (Lipinski definition) is 1. The van der Waals surface area contributed by atoms with Crippen molar-refractivity contribution in [2.75, 3.05) is 6.54 Å². The van der Waals surface area contributed by atoms with Gasteiger partial charge in [0.15, 0.2) is 0 Å². The molecule has 4 heteroatoms. The molecule has 2 N–H and O–H groups in total. The van der Waals surface area contributed by atoms with Crippen molar-refractivity contribution < 1.29 is 4.79 Å². The maximum atomic E-state index is 11.9. The quantitative estimate of drug-likeness (QED) is 0.743. The molecule has 0 aliphatic heterocycles. The van der Waals surface area contributed by atoms with Crippen LogP contribution in [0.2, 0.25) is 0 Å². The lowest BCUT2D eigenvalue weighted by Crippen LogP contribution is -2.44. The number of urea groups is 1. The topological polar surface area (TPSA) is 41.1 Å². The molecule has 1 aromatic carbocycles. The molecular weight excluding hydrogens is 284 g/mol. The molecule has 2 aliphatic rings. The second-order valence-corrected chi connectivity index (χ2v) is 6.19. The van der Waals surface area contributed by atoms with Gasteiger partial charge in [-0.05, 0) is 55.9 Å². The van der Waals surface area contributed by atoms with Crippen molar-refractivity contribution in [3.63, 3.8) is 0 Å². The highest BCUT2D eigenvalue weighted by Crippen LogP contribution is 2.44. The van der Waals surface area contributed by atoms with Gasteiger partial charge in [-0.15, -0.1) is 12.4 Å². The van der Waals surface area contributed by atoms with E-state index in [2.05, 4.69) is 34.9 Å². The van der Waals surface area contributed by atoms with Gasteiger partial charge in [-0.2, -0.15) is 0 Å². The molecule has 2 fully saturated rings. The molecule has 1 aromatic rings. The highest BCUT2D eigenvalue weighted by Gasteiger charge is 2.42. The number of carbonyl (C=O) groups excluding carboxylic acids is 1. The second kappa shape index (κ2) is 7.69. The van der Waals surface area contributed by atoms with Crippen LogP contribution in [0.4, 0.5) is 4.79 Å². The summed E-state index contributed by atoms with van der Waals surface area (Å²) in [5.74, 6) is 1.52. The van der Waals surface area contributed by atoms with E-state index in [0.717, 1.165) is 31.2 Å². The molecule has 116 valence electrons. The number of nitrogens with one attached hydrogen (secondary N) is 2. The number of carbonyl (C=O) groups is 1. The second-order valence-electron chi connectivity index (χ2n) is 6.19. The molecule has 0 atom stereocenters. The Hall–Kier alpha value is -1.22. The van der Waals surface area contributed by atoms with Crippen molar-refractivity contribution >= 4 is 18.4 Å². The Balaban J connectivity index is 0.00000161. The van der Waals surface area contributed by atoms with Crippen molar-refractivity contribution in [1.29, 1.82) is 0 Å². The van der Waals surface area contributed by atoms with Gasteiger partial charge in [0.2, 0.25) is 0 Å². The summed E-state index contributed by atoms with van der Waals surface area (Å²) in [6.45, 7) is 0.753. The average molecular weight is 309 g/mol. The van der Waals surface area contributed by atoms with E-state index in [0.29, 0.717) is 6.04 Å². The first-order valence-corrected chi connectivity index (χ1v) is 7.91. The van der Waals surface area contributed by atoms with Crippen molar-refractivity contribution in [3.05, 3.63) is 35.9 Å². The van der Waals surface area contributed by atoms with E-state index < -0.39 is 0 Å². The maximum Gasteiger partial charge on any atom is 0.315 e. The lowest BCUT2D eigenvalue weighted by molar-refractivity contribution is 0.233. The smallest absolute Gasteiger partial charge is 0.315 e. The first-order valence-electron chi connectivity index (χ1n) is 7.91. The summed E-state index contributed by atoms with van der Waals surface area (Å²) < 4.78 is 0. The van der Waals surface area contributed by atoms with Gasteiger partial charge in [0.25, 0.3) is 0 Å². The minimum Gasteiger partial charge on any atom is -0.338 e. The van der Waals surface area contributed by atoms with E-state index >= 15 is 0 Å². The van der Waals surface area contributed by atoms with Crippen LogP contribution in [-0.4, -0.2) is 18.6 Å². The molecular formula is C17H25ClN2O. The van der Waals surface area contributed by atoms with Gasteiger partial charge in [-0.25, -0.2) is 4.79 Å². The summed E-state index contributed by atoms with van der Waals surface area (Å²) in [5.41, 5.74) is 1.34. The van der Waals surface area contributed by atoms with Gasteiger partial charge in [0.05, 0.1) is 0 Å². The highest BCUT2D eigenvalue weighted by atomic mass is 35.5. The zero-order valence-corrected chi connectivity index (χ0v) is 13.2. The third kappa shape index (κ3) is 5.24. The Morgan fingerprint density at radius 2 is 1.71 bits per heavy atom. The standard InChI is InChI=1S/C17H24N2O.ClH/c20-17(19-16(14-8-9-14)15-10-11-15)18-12-4-7-13-5-2-1-3-6-13;/h1-3,5-6,14-16H,4,7-12H2,(H2,18,19,20);1H. The Morgan fingerprint density at radius 1 is 1.10 bits per heavy atom. The summed E-state index contributed by atoms with van der Waals surface area (Å²) in [6, 6.07) is 10.9. The number of rotatable bonds is 7. The summed E-state index contributed by atoms with van der Waals surface area (Å²) >= 11 is 0. The number of hydrogen-bond donors (Lipinski definition) is 2. The molecule has 0 spiro atoms. The molecule has 0 radical (unpaired) electrons. The van der Waals surface area contributed by atoms with E-state index in [-0.39, 0.29) is 18.4 Å². The van der Waals surface area contributed by atoms with Crippen LogP contribution in [0, 0.1) is 11.8 Å². The Kier molecular flexibility index (Phi) is 5.92. The average Bonchev–Trinajstić information content (AvgIpc) is 3.35. The number of aryl methyl sites for hydroxylation is 1. The van der Waals surface area contributed by atoms with Gasteiger partial charge in [-0.3, -0.25) is 0 Å². The van der Waals surface area contributed by atoms with Gasteiger partial charge < -0.3 is 10.6 Å². The zero-order chi connectivity index (χ0) is 13.8. The molecule has 0 unspecified atom stereocenters. The number of amides is 2. The first kappa shape index (κ1) is 16.2. The highest BCUT2D eigenvalue weighted by molar-refractivity contribution is 5.85.